The van der Waals surface area contributed by atoms with Gasteiger partial charge in [-0.3, -0.25) is 19.1 Å². The van der Waals surface area contributed by atoms with Crippen LogP contribution >= 0.6 is 11.3 Å². The van der Waals surface area contributed by atoms with E-state index in [2.05, 4.69) is 4.98 Å². The predicted molar refractivity (Wildman–Crippen MR) is 123 cm³/mol. The highest BCUT2D eigenvalue weighted by atomic mass is 32.1. The third-order valence-electron chi connectivity index (χ3n) is 5.69. The van der Waals surface area contributed by atoms with E-state index in [0.717, 1.165) is 40.6 Å². The van der Waals surface area contributed by atoms with Crippen LogP contribution in [-0.2, 0) is 30.7 Å². The maximum Gasteiger partial charge on any atom is 0.329 e. The molecule has 0 aliphatic heterocycles. The van der Waals surface area contributed by atoms with Gasteiger partial charge < -0.3 is 4.90 Å². The summed E-state index contributed by atoms with van der Waals surface area (Å²) in [6.07, 6.45) is 2.80. The number of carbonyl (C=O) groups is 1. The van der Waals surface area contributed by atoms with E-state index < -0.39 is 5.69 Å². The maximum absolute atomic E-state index is 13.3. The molecule has 4 aromatic rings. The number of amides is 1. The minimum Gasteiger partial charge on any atom is -0.306 e. The number of aromatic nitrogens is 2. The molecule has 7 heteroatoms. The normalized spacial score (nSPS) is 12.8. The monoisotopic (exact) mass is 431 g/mol. The highest BCUT2D eigenvalue weighted by molar-refractivity contribution is 7.18. The van der Waals surface area contributed by atoms with Gasteiger partial charge in [0.05, 0.1) is 11.9 Å². The summed E-state index contributed by atoms with van der Waals surface area (Å²) in [5.74, 6) is -0.311. The highest BCUT2D eigenvalue weighted by Gasteiger charge is 2.24. The van der Waals surface area contributed by atoms with Crippen LogP contribution in [-0.4, -0.2) is 15.5 Å². The number of hydrogen-bond donors (Lipinski definition) is 1. The van der Waals surface area contributed by atoms with Crippen molar-refractivity contribution in [3.63, 3.8) is 0 Å². The van der Waals surface area contributed by atoms with Gasteiger partial charge in [-0.1, -0.05) is 48.5 Å². The molecule has 0 spiro atoms. The Balaban J connectivity index is 1.53. The predicted octanol–water partition coefficient (Wildman–Crippen LogP) is 3.47. The van der Waals surface area contributed by atoms with Crippen molar-refractivity contribution >= 4 is 33.1 Å². The molecule has 6 nitrogen and oxygen atoms in total. The SMILES string of the molecule is O=C(Cn1c(=O)[nH]c2sc3c(c2c1=O)CCC3)N(Cc1ccccc1)c1ccccc1. The molecule has 5 rings (SSSR count). The van der Waals surface area contributed by atoms with Gasteiger partial charge in [0.15, 0.2) is 0 Å². The fourth-order valence-electron chi connectivity index (χ4n) is 4.17. The lowest BCUT2D eigenvalue weighted by molar-refractivity contribution is -0.119. The molecule has 1 amide bonds. The Morgan fingerprint density at radius 3 is 2.45 bits per heavy atom. The second kappa shape index (κ2) is 8.00. The first-order chi connectivity index (χ1) is 15.1. The van der Waals surface area contributed by atoms with E-state index in [-0.39, 0.29) is 18.0 Å². The number of aryl methyl sites for hydroxylation is 2. The second-order valence-electron chi connectivity index (χ2n) is 7.68. The molecule has 0 bridgehead atoms. The van der Waals surface area contributed by atoms with E-state index >= 15 is 0 Å². The van der Waals surface area contributed by atoms with Crippen LogP contribution in [0.5, 0.6) is 0 Å². The summed E-state index contributed by atoms with van der Waals surface area (Å²) >= 11 is 1.48. The summed E-state index contributed by atoms with van der Waals surface area (Å²) in [6, 6.07) is 19.0. The van der Waals surface area contributed by atoms with Gasteiger partial charge in [0.1, 0.15) is 11.4 Å². The number of hydrogen-bond acceptors (Lipinski definition) is 4. The van der Waals surface area contributed by atoms with Crippen LogP contribution < -0.4 is 16.1 Å². The van der Waals surface area contributed by atoms with E-state index in [4.69, 9.17) is 0 Å². The Bertz CT molecular complexity index is 1370. The van der Waals surface area contributed by atoms with Gasteiger partial charge >= 0.3 is 5.69 Å². The first-order valence-corrected chi connectivity index (χ1v) is 11.1. The van der Waals surface area contributed by atoms with Crippen molar-refractivity contribution in [1.82, 2.24) is 9.55 Å². The summed E-state index contributed by atoms with van der Waals surface area (Å²) in [6.45, 7) is 0.0445. The number of aromatic amines is 1. The smallest absolute Gasteiger partial charge is 0.306 e. The Morgan fingerprint density at radius 1 is 1.00 bits per heavy atom. The molecule has 2 heterocycles. The van der Waals surface area contributed by atoms with E-state index in [1.54, 1.807) is 4.90 Å². The Morgan fingerprint density at radius 2 is 1.71 bits per heavy atom. The number of benzene rings is 2. The van der Waals surface area contributed by atoms with E-state index in [0.29, 0.717) is 16.8 Å². The van der Waals surface area contributed by atoms with Crippen molar-refractivity contribution in [3.05, 3.63) is 97.5 Å². The number of carbonyl (C=O) groups excluding carboxylic acids is 1. The quantitative estimate of drug-likeness (QED) is 0.526. The molecule has 2 aromatic carbocycles. The van der Waals surface area contributed by atoms with Crippen LogP contribution in [0, 0.1) is 0 Å². The number of thiophene rings is 1. The zero-order valence-corrected chi connectivity index (χ0v) is 17.7. The fraction of sp³-hybridized carbons (Fsp3) is 0.208. The lowest BCUT2D eigenvalue weighted by Crippen LogP contribution is -2.42. The lowest BCUT2D eigenvalue weighted by Gasteiger charge is -2.23. The molecule has 1 aliphatic carbocycles. The van der Waals surface area contributed by atoms with Crippen LogP contribution in [0.4, 0.5) is 5.69 Å². The van der Waals surface area contributed by atoms with Gasteiger partial charge in [-0.15, -0.1) is 11.3 Å². The number of anilines is 1. The van der Waals surface area contributed by atoms with E-state index in [9.17, 15) is 14.4 Å². The Hall–Kier alpha value is -3.45. The molecule has 0 fully saturated rings. The molecule has 0 unspecified atom stereocenters. The maximum atomic E-state index is 13.3. The molecule has 0 saturated carbocycles. The summed E-state index contributed by atoms with van der Waals surface area (Å²) in [4.78, 5) is 45.4. The van der Waals surface area contributed by atoms with Crippen LogP contribution in [0.3, 0.4) is 0 Å². The van der Waals surface area contributed by atoms with Crippen molar-refractivity contribution in [2.24, 2.45) is 0 Å². The first kappa shape index (κ1) is 19.5. The van der Waals surface area contributed by atoms with E-state index in [1.807, 2.05) is 60.7 Å². The van der Waals surface area contributed by atoms with Crippen molar-refractivity contribution in [2.75, 3.05) is 4.90 Å². The van der Waals surface area contributed by atoms with Gasteiger partial charge in [-0.05, 0) is 42.5 Å². The number of H-pyrrole nitrogens is 1. The van der Waals surface area contributed by atoms with Crippen molar-refractivity contribution in [2.45, 2.75) is 32.4 Å². The third-order valence-corrected chi connectivity index (χ3v) is 6.90. The average Bonchev–Trinajstić information content (AvgIpc) is 3.37. The largest absolute Gasteiger partial charge is 0.329 e. The Labute approximate surface area is 182 Å². The van der Waals surface area contributed by atoms with Gasteiger partial charge in [0, 0.05) is 10.6 Å². The number of rotatable bonds is 5. The van der Waals surface area contributed by atoms with Crippen LogP contribution in [0.25, 0.3) is 10.2 Å². The molecular formula is C24H21N3O3S. The lowest BCUT2D eigenvalue weighted by atomic mass is 10.2. The van der Waals surface area contributed by atoms with Gasteiger partial charge in [0.2, 0.25) is 5.91 Å². The molecule has 1 N–H and O–H groups in total. The zero-order chi connectivity index (χ0) is 21.4. The summed E-state index contributed by atoms with van der Waals surface area (Å²) < 4.78 is 1.04. The van der Waals surface area contributed by atoms with Crippen molar-refractivity contribution in [3.8, 4) is 0 Å². The Kier molecular flexibility index (Phi) is 5.03. The van der Waals surface area contributed by atoms with Crippen molar-refractivity contribution in [1.29, 1.82) is 0 Å². The first-order valence-electron chi connectivity index (χ1n) is 10.3. The summed E-state index contributed by atoms with van der Waals surface area (Å²) in [5.41, 5.74) is 1.80. The fourth-order valence-corrected chi connectivity index (χ4v) is 5.44. The molecule has 2 aromatic heterocycles. The van der Waals surface area contributed by atoms with Crippen LogP contribution in [0.2, 0.25) is 0 Å². The molecular weight excluding hydrogens is 410 g/mol. The number of para-hydroxylation sites is 1. The molecule has 0 saturated heterocycles. The summed E-state index contributed by atoms with van der Waals surface area (Å²) in [7, 11) is 0. The number of nitrogens with one attached hydrogen (secondary N) is 1. The second-order valence-corrected chi connectivity index (χ2v) is 8.79. The number of nitrogens with zero attached hydrogens (tertiary/aromatic N) is 2. The molecule has 31 heavy (non-hydrogen) atoms. The molecule has 0 atom stereocenters. The molecule has 0 radical (unpaired) electrons. The third kappa shape index (κ3) is 3.61. The van der Waals surface area contributed by atoms with Crippen LogP contribution in [0.1, 0.15) is 22.4 Å². The number of fused-ring (bicyclic) bond motifs is 3. The highest BCUT2D eigenvalue weighted by Crippen LogP contribution is 2.34. The zero-order valence-electron chi connectivity index (χ0n) is 16.8. The minimum absolute atomic E-state index is 0.309. The van der Waals surface area contributed by atoms with Gasteiger partial charge in [-0.25, -0.2) is 4.79 Å². The topological polar surface area (TPSA) is 75.2 Å². The van der Waals surface area contributed by atoms with Gasteiger partial charge in [0.25, 0.3) is 5.56 Å². The van der Waals surface area contributed by atoms with E-state index in [1.165, 1.54) is 16.2 Å². The molecule has 1 aliphatic rings. The average molecular weight is 432 g/mol. The molecule has 156 valence electrons. The van der Waals surface area contributed by atoms with Gasteiger partial charge in [-0.2, -0.15) is 0 Å². The standard InChI is InChI=1S/C24H21N3O3S/c28-20(26(17-10-5-2-6-11-17)14-16-8-3-1-4-9-16)15-27-23(29)21-18-12-7-13-19(18)31-22(21)25-24(27)30/h1-6,8-11H,7,12-15H2,(H,25,30). The summed E-state index contributed by atoms with van der Waals surface area (Å²) in [5, 5.41) is 0.569. The minimum atomic E-state index is -0.543. The van der Waals surface area contributed by atoms with Crippen LogP contribution in [0.15, 0.2) is 70.3 Å². The van der Waals surface area contributed by atoms with Crippen molar-refractivity contribution < 1.29 is 4.79 Å².